The molecular formula is C24H31ClN4O3. The number of benzene rings is 1. The van der Waals surface area contributed by atoms with E-state index >= 15 is 0 Å². The van der Waals surface area contributed by atoms with Crippen molar-refractivity contribution in [1.29, 1.82) is 0 Å². The number of amides is 2. The number of piperazine rings is 1. The van der Waals surface area contributed by atoms with Gasteiger partial charge in [-0.05, 0) is 55.7 Å². The zero-order chi connectivity index (χ0) is 22.0. The van der Waals surface area contributed by atoms with Gasteiger partial charge in [0.05, 0.1) is 12.6 Å². The number of hydrogen-bond acceptors (Lipinski definition) is 5. The smallest absolute Gasteiger partial charge is 0.253 e. The first kappa shape index (κ1) is 24.0. The van der Waals surface area contributed by atoms with E-state index in [1.54, 1.807) is 12.0 Å². The summed E-state index contributed by atoms with van der Waals surface area (Å²) in [7, 11) is 1.65. The second-order valence-electron chi connectivity index (χ2n) is 8.39. The molecule has 32 heavy (non-hydrogen) atoms. The molecule has 0 aliphatic carbocycles. The monoisotopic (exact) mass is 458 g/mol. The van der Waals surface area contributed by atoms with Gasteiger partial charge in [-0.25, -0.2) is 4.98 Å². The SMILES string of the molecule is COC[C@@H]1CCC(=O)N1c1ccc(C(=O)N2CCN(c3ncc(C)cc3C)CC2)cc1.Cl. The molecule has 2 aliphatic heterocycles. The molecule has 0 bridgehead atoms. The molecule has 3 heterocycles. The zero-order valence-corrected chi connectivity index (χ0v) is 19.7. The van der Waals surface area contributed by atoms with E-state index < -0.39 is 0 Å². The third kappa shape index (κ3) is 4.89. The Morgan fingerprint density at radius 3 is 2.44 bits per heavy atom. The molecule has 0 N–H and O–H groups in total. The molecule has 1 atom stereocenters. The number of hydrogen-bond donors (Lipinski definition) is 0. The van der Waals surface area contributed by atoms with Crippen LogP contribution in [0.25, 0.3) is 0 Å². The number of ether oxygens (including phenoxy) is 1. The van der Waals surface area contributed by atoms with Gasteiger partial charge in [0.2, 0.25) is 5.91 Å². The largest absolute Gasteiger partial charge is 0.383 e. The normalized spacial score (nSPS) is 18.7. The van der Waals surface area contributed by atoms with Crippen molar-refractivity contribution in [2.45, 2.75) is 32.7 Å². The summed E-state index contributed by atoms with van der Waals surface area (Å²) in [5.41, 5.74) is 3.80. The molecule has 0 radical (unpaired) electrons. The fraction of sp³-hybridized carbons (Fsp3) is 0.458. The molecule has 172 valence electrons. The van der Waals surface area contributed by atoms with Gasteiger partial charge in [0.15, 0.2) is 0 Å². The second-order valence-corrected chi connectivity index (χ2v) is 8.39. The molecule has 0 spiro atoms. The van der Waals surface area contributed by atoms with Crippen LogP contribution in [-0.4, -0.2) is 67.6 Å². The van der Waals surface area contributed by atoms with Gasteiger partial charge in [0.25, 0.3) is 5.91 Å². The predicted octanol–water partition coefficient (Wildman–Crippen LogP) is 3.22. The quantitative estimate of drug-likeness (QED) is 0.688. The summed E-state index contributed by atoms with van der Waals surface area (Å²) in [6.45, 7) is 7.50. The van der Waals surface area contributed by atoms with Crippen molar-refractivity contribution in [3.8, 4) is 0 Å². The average Bonchev–Trinajstić information content (AvgIpc) is 3.14. The number of pyridine rings is 1. The first-order valence-corrected chi connectivity index (χ1v) is 10.9. The average molecular weight is 459 g/mol. The van der Waals surface area contributed by atoms with Crippen LogP contribution >= 0.6 is 12.4 Å². The fourth-order valence-corrected chi connectivity index (χ4v) is 4.56. The van der Waals surface area contributed by atoms with E-state index in [1.807, 2.05) is 42.3 Å². The van der Waals surface area contributed by atoms with Crippen LogP contribution in [0, 0.1) is 13.8 Å². The van der Waals surface area contributed by atoms with E-state index in [0.29, 0.717) is 31.7 Å². The Labute approximate surface area is 195 Å². The van der Waals surface area contributed by atoms with Crippen LogP contribution in [0.15, 0.2) is 36.5 Å². The lowest BCUT2D eigenvalue weighted by Crippen LogP contribution is -2.49. The Balaban J connectivity index is 0.00000289. The first-order chi connectivity index (χ1) is 15.0. The number of nitrogens with zero attached hydrogens (tertiary/aromatic N) is 4. The van der Waals surface area contributed by atoms with Crippen molar-refractivity contribution in [2.75, 3.05) is 49.7 Å². The summed E-state index contributed by atoms with van der Waals surface area (Å²) in [6, 6.07) is 9.59. The third-order valence-corrected chi connectivity index (χ3v) is 6.13. The Bertz CT molecular complexity index is 958. The van der Waals surface area contributed by atoms with Crippen LogP contribution < -0.4 is 9.80 Å². The highest BCUT2D eigenvalue weighted by molar-refractivity contribution is 5.98. The van der Waals surface area contributed by atoms with E-state index in [0.717, 1.165) is 36.6 Å². The number of carbonyl (C=O) groups excluding carboxylic acids is 2. The van der Waals surface area contributed by atoms with Gasteiger partial charge >= 0.3 is 0 Å². The highest BCUT2D eigenvalue weighted by Crippen LogP contribution is 2.27. The number of halogens is 1. The minimum atomic E-state index is 0. The van der Waals surface area contributed by atoms with Crippen LogP contribution in [0.4, 0.5) is 11.5 Å². The van der Waals surface area contributed by atoms with Crippen molar-refractivity contribution in [1.82, 2.24) is 9.88 Å². The van der Waals surface area contributed by atoms with Gasteiger partial charge in [-0.2, -0.15) is 0 Å². The van der Waals surface area contributed by atoms with Gasteiger partial charge < -0.3 is 19.4 Å². The summed E-state index contributed by atoms with van der Waals surface area (Å²) < 4.78 is 5.26. The first-order valence-electron chi connectivity index (χ1n) is 10.9. The molecule has 2 aliphatic rings. The van der Waals surface area contributed by atoms with Gasteiger partial charge in [-0.1, -0.05) is 6.07 Å². The molecule has 2 amide bonds. The van der Waals surface area contributed by atoms with Gasteiger partial charge in [0.1, 0.15) is 5.82 Å². The van der Waals surface area contributed by atoms with Gasteiger partial charge in [-0.15, -0.1) is 12.4 Å². The summed E-state index contributed by atoms with van der Waals surface area (Å²) in [6.07, 6.45) is 3.23. The van der Waals surface area contributed by atoms with E-state index in [4.69, 9.17) is 4.74 Å². The van der Waals surface area contributed by atoms with Crippen molar-refractivity contribution in [3.05, 3.63) is 53.2 Å². The van der Waals surface area contributed by atoms with Crippen LogP contribution in [0.3, 0.4) is 0 Å². The molecule has 8 heteroatoms. The highest BCUT2D eigenvalue weighted by Gasteiger charge is 2.32. The van der Waals surface area contributed by atoms with E-state index in [2.05, 4.69) is 22.9 Å². The highest BCUT2D eigenvalue weighted by atomic mass is 35.5. The molecule has 7 nitrogen and oxygen atoms in total. The zero-order valence-electron chi connectivity index (χ0n) is 18.9. The number of aryl methyl sites for hydroxylation is 2. The summed E-state index contributed by atoms with van der Waals surface area (Å²) in [5, 5.41) is 0. The minimum absolute atomic E-state index is 0. The van der Waals surface area contributed by atoms with E-state index in [-0.39, 0.29) is 30.3 Å². The maximum atomic E-state index is 13.0. The number of rotatable bonds is 5. The standard InChI is InChI=1S/C24H30N4O3.ClH/c1-17-14-18(2)23(25-15-17)26-10-12-27(13-11-26)24(30)19-4-6-20(7-5-19)28-21(16-31-3)8-9-22(28)29;/h4-7,14-15,21H,8-13,16H2,1-3H3;1H/t21-;/m0./s1. The van der Waals surface area contributed by atoms with Crippen LogP contribution in [-0.2, 0) is 9.53 Å². The van der Waals surface area contributed by atoms with Crippen molar-refractivity contribution in [2.24, 2.45) is 0 Å². The Kier molecular flexibility index (Phi) is 7.74. The lowest BCUT2D eigenvalue weighted by molar-refractivity contribution is -0.117. The van der Waals surface area contributed by atoms with Crippen LogP contribution in [0.1, 0.15) is 34.3 Å². The molecule has 4 rings (SSSR count). The van der Waals surface area contributed by atoms with Gasteiger partial charge in [0, 0.05) is 57.2 Å². The van der Waals surface area contributed by atoms with Crippen LogP contribution in [0.2, 0.25) is 0 Å². The summed E-state index contributed by atoms with van der Waals surface area (Å²) in [5.74, 6) is 1.14. The Morgan fingerprint density at radius 2 is 1.81 bits per heavy atom. The number of carbonyl (C=O) groups is 2. The predicted molar refractivity (Wildman–Crippen MR) is 128 cm³/mol. The fourth-order valence-electron chi connectivity index (χ4n) is 4.56. The van der Waals surface area contributed by atoms with Gasteiger partial charge in [-0.3, -0.25) is 9.59 Å². The lowest BCUT2D eigenvalue weighted by Gasteiger charge is -2.36. The molecule has 0 unspecified atom stereocenters. The molecule has 2 saturated heterocycles. The van der Waals surface area contributed by atoms with Crippen LogP contribution in [0.5, 0.6) is 0 Å². The Hall–Kier alpha value is -2.64. The third-order valence-electron chi connectivity index (χ3n) is 6.13. The molecule has 1 aromatic carbocycles. The molecule has 2 fully saturated rings. The topological polar surface area (TPSA) is 66.0 Å². The molecule has 0 saturated carbocycles. The number of methoxy groups -OCH3 is 1. The maximum absolute atomic E-state index is 13.0. The number of aromatic nitrogens is 1. The summed E-state index contributed by atoms with van der Waals surface area (Å²) >= 11 is 0. The Morgan fingerprint density at radius 1 is 1.12 bits per heavy atom. The van der Waals surface area contributed by atoms with Crippen molar-refractivity contribution in [3.63, 3.8) is 0 Å². The van der Waals surface area contributed by atoms with Crippen molar-refractivity contribution >= 4 is 35.7 Å². The molecular weight excluding hydrogens is 428 g/mol. The minimum Gasteiger partial charge on any atom is -0.383 e. The van der Waals surface area contributed by atoms with E-state index in [9.17, 15) is 9.59 Å². The summed E-state index contributed by atoms with van der Waals surface area (Å²) in [4.78, 5) is 35.8. The van der Waals surface area contributed by atoms with E-state index in [1.165, 1.54) is 5.56 Å². The molecule has 2 aromatic rings. The maximum Gasteiger partial charge on any atom is 0.253 e. The second kappa shape index (κ2) is 10.3. The lowest BCUT2D eigenvalue weighted by atomic mass is 10.1. The molecule has 1 aromatic heterocycles. The number of anilines is 2. The van der Waals surface area contributed by atoms with Crippen molar-refractivity contribution < 1.29 is 14.3 Å².